The number of nitrogens with two attached hydrogens (primary N) is 2. The average molecular weight is 408 g/mol. The third kappa shape index (κ3) is 4.78. The molecule has 1 unspecified atom stereocenters. The first-order valence-corrected chi connectivity index (χ1v) is 9.53. The van der Waals surface area contributed by atoms with Gasteiger partial charge in [0.1, 0.15) is 0 Å². The largest absolute Gasteiger partial charge is 0.382 e. The highest BCUT2D eigenvalue weighted by atomic mass is 16.2. The van der Waals surface area contributed by atoms with Crippen molar-refractivity contribution < 1.29 is 9.59 Å². The van der Waals surface area contributed by atoms with Gasteiger partial charge in [0.15, 0.2) is 11.5 Å². The Morgan fingerprint density at radius 3 is 2.73 bits per heavy atom. The van der Waals surface area contributed by atoms with E-state index >= 15 is 0 Å². The van der Waals surface area contributed by atoms with Crippen LogP contribution in [0.15, 0.2) is 49.1 Å². The van der Waals surface area contributed by atoms with Gasteiger partial charge in [-0.3, -0.25) is 14.3 Å². The van der Waals surface area contributed by atoms with E-state index in [9.17, 15) is 9.59 Å². The van der Waals surface area contributed by atoms with Crippen LogP contribution in [-0.4, -0.2) is 44.7 Å². The fourth-order valence-corrected chi connectivity index (χ4v) is 2.91. The average Bonchev–Trinajstić information content (AvgIpc) is 3.21. The molecular weight excluding hydrogens is 384 g/mol. The predicted octanol–water partition coefficient (Wildman–Crippen LogP) is 1.20. The fourth-order valence-electron chi connectivity index (χ4n) is 2.91. The molecule has 1 aromatic carbocycles. The van der Waals surface area contributed by atoms with Crippen molar-refractivity contribution >= 4 is 23.3 Å². The number of hydrogen-bond acceptors (Lipinski definition) is 7. The zero-order valence-corrected chi connectivity index (χ0v) is 16.6. The van der Waals surface area contributed by atoms with Gasteiger partial charge in [-0.05, 0) is 24.1 Å². The summed E-state index contributed by atoms with van der Waals surface area (Å²) >= 11 is 0. The number of aromatic nitrogens is 4. The molecule has 0 saturated carbocycles. The summed E-state index contributed by atoms with van der Waals surface area (Å²) in [6, 6.07) is 6.93. The van der Waals surface area contributed by atoms with Crippen molar-refractivity contribution in [1.82, 2.24) is 25.1 Å². The Balaban J connectivity index is 1.77. The van der Waals surface area contributed by atoms with Gasteiger partial charge in [0.25, 0.3) is 11.8 Å². The van der Waals surface area contributed by atoms with Crippen molar-refractivity contribution in [1.29, 1.82) is 0 Å². The third-order valence-corrected chi connectivity index (χ3v) is 4.41. The molecule has 0 spiro atoms. The van der Waals surface area contributed by atoms with E-state index in [1.54, 1.807) is 23.0 Å². The molecule has 30 heavy (non-hydrogen) atoms. The zero-order chi connectivity index (χ0) is 21.5. The van der Waals surface area contributed by atoms with Crippen LogP contribution >= 0.6 is 0 Å². The molecule has 3 rings (SSSR count). The van der Waals surface area contributed by atoms with Crippen LogP contribution in [-0.2, 0) is 0 Å². The smallest absolute Gasteiger partial charge is 0.278 e. The van der Waals surface area contributed by atoms with E-state index in [4.69, 9.17) is 11.5 Å². The van der Waals surface area contributed by atoms with Crippen molar-refractivity contribution in [2.75, 3.05) is 24.1 Å². The first kappa shape index (κ1) is 20.9. The van der Waals surface area contributed by atoms with Gasteiger partial charge in [-0.2, -0.15) is 5.10 Å². The Bertz CT molecular complexity index is 1030. The molecule has 6 N–H and O–H groups in total. The maximum atomic E-state index is 12.4. The molecule has 0 aliphatic rings. The van der Waals surface area contributed by atoms with Crippen LogP contribution < -0.4 is 22.1 Å². The molecule has 1 atom stereocenters. The number of carbonyl (C=O) groups excluding carboxylic acids is 2. The molecule has 0 aliphatic heterocycles. The van der Waals surface area contributed by atoms with Crippen LogP contribution in [0.25, 0.3) is 0 Å². The first-order chi connectivity index (χ1) is 14.5. The predicted molar refractivity (Wildman–Crippen MR) is 113 cm³/mol. The van der Waals surface area contributed by atoms with Crippen LogP contribution in [0, 0.1) is 0 Å². The third-order valence-electron chi connectivity index (χ3n) is 4.41. The Morgan fingerprint density at radius 1 is 1.20 bits per heavy atom. The highest BCUT2D eigenvalue weighted by Crippen LogP contribution is 2.20. The van der Waals surface area contributed by atoms with Gasteiger partial charge in [-0.15, -0.1) is 0 Å². The van der Waals surface area contributed by atoms with E-state index in [1.807, 2.05) is 19.1 Å². The molecule has 10 heteroatoms. The SMILES string of the molecule is CCCNC(=O)c1cccc(C(CN)n2cc(NC(=O)c3nccnc3N)cn2)c1. The minimum atomic E-state index is -0.487. The van der Waals surface area contributed by atoms with Gasteiger partial charge in [0.2, 0.25) is 0 Å². The number of benzene rings is 1. The second-order valence-corrected chi connectivity index (χ2v) is 6.59. The van der Waals surface area contributed by atoms with Gasteiger partial charge in [0.05, 0.1) is 17.9 Å². The quantitative estimate of drug-likeness (QED) is 0.436. The number of amides is 2. The summed E-state index contributed by atoms with van der Waals surface area (Å²) in [7, 11) is 0. The Labute approximate surface area is 173 Å². The number of nitrogens with zero attached hydrogens (tertiary/aromatic N) is 4. The van der Waals surface area contributed by atoms with Crippen LogP contribution in [0.2, 0.25) is 0 Å². The molecule has 0 saturated heterocycles. The van der Waals surface area contributed by atoms with E-state index in [0.29, 0.717) is 17.8 Å². The standard InChI is InChI=1S/C20H24N8O2/c1-2-6-25-19(29)14-5-3-4-13(9-14)16(10-21)28-12-15(11-26-28)27-20(30)17-18(22)24-8-7-23-17/h3-5,7-9,11-12,16H,2,6,10,21H2,1H3,(H2,22,24)(H,25,29)(H,27,30). The van der Waals surface area contributed by atoms with Crippen molar-refractivity contribution in [2.24, 2.45) is 5.73 Å². The number of nitrogens with one attached hydrogen (secondary N) is 2. The number of anilines is 2. The molecular formula is C20H24N8O2. The second kappa shape index (κ2) is 9.61. The molecule has 10 nitrogen and oxygen atoms in total. The zero-order valence-electron chi connectivity index (χ0n) is 16.6. The molecule has 0 aliphatic carbocycles. The summed E-state index contributed by atoms with van der Waals surface area (Å²) in [6.45, 7) is 2.86. The molecule has 0 radical (unpaired) electrons. The number of hydrogen-bond donors (Lipinski definition) is 4. The number of nitrogen functional groups attached to an aromatic ring is 1. The lowest BCUT2D eigenvalue weighted by Crippen LogP contribution is -2.25. The highest BCUT2D eigenvalue weighted by Gasteiger charge is 2.17. The molecule has 2 heterocycles. The molecule has 3 aromatic rings. The summed E-state index contributed by atoms with van der Waals surface area (Å²) in [5.74, 6) is -0.580. The van der Waals surface area contributed by atoms with Crippen LogP contribution in [0.5, 0.6) is 0 Å². The minimum absolute atomic E-state index is 0.0337. The van der Waals surface area contributed by atoms with E-state index in [0.717, 1.165) is 12.0 Å². The lowest BCUT2D eigenvalue weighted by Gasteiger charge is -2.17. The summed E-state index contributed by atoms with van der Waals surface area (Å²) in [4.78, 5) is 32.4. The van der Waals surface area contributed by atoms with Crippen LogP contribution in [0.1, 0.15) is 45.8 Å². The molecule has 156 valence electrons. The topological polar surface area (TPSA) is 154 Å². The monoisotopic (exact) mass is 408 g/mol. The van der Waals surface area contributed by atoms with Crippen molar-refractivity contribution in [2.45, 2.75) is 19.4 Å². The van der Waals surface area contributed by atoms with E-state index in [1.165, 1.54) is 18.6 Å². The summed E-state index contributed by atoms with van der Waals surface area (Å²) in [5, 5.41) is 9.86. The Kier molecular flexibility index (Phi) is 6.71. The van der Waals surface area contributed by atoms with E-state index < -0.39 is 5.91 Å². The first-order valence-electron chi connectivity index (χ1n) is 9.53. The normalized spacial score (nSPS) is 11.7. The van der Waals surface area contributed by atoms with Gasteiger partial charge in [0, 0.05) is 37.2 Å². The number of carbonyl (C=O) groups is 2. The summed E-state index contributed by atoms with van der Waals surface area (Å²) < 4.78 is 1.64. The molecule has 2 aromatic heterocycles. The van der Waals surface area contributed by atoms with Gasteiger partial charge >= 0.3 is 0 Å². The van der Waals surface area contributed by atoms with Crippen LogP contribution in [0.4, 0.5) is 11.5 Å². The van der Waals surface area contributed by atoms with Crippen LogP contribution in [0.3, 0.4) is 0 Å². The van der Waals surface area contributed by atoms with Gasteiger partial charge in [-0.25, -0.2) is 9.97 Å². The lowest BCUT2D eigenvalue weighted by molar-refractivity contribution is 0.0952. The maximum Gasteiger partial charge on any atom is 0.278 e. The fraction of sp³-hybridized carbons (Fsp3) is 0.250. The maximum absolute atomic E-state index is 12.4. The van der Waals surface area contributed by atoms with Crippen molar-refractivity contribution in [3.05, 3.63) is 65.9 Å². The summed E-state index contributed by atoms with van der Waals surface area (Å²) in [5.41, 5.74) is 13.6. The Morgan fingerprint density at radius 2 is 2.00 bits per heavy atom. The minimum Gasteiger partial charge on any atom is -0.382 e. The Hall–Kier alpha value is -3.79. The summed E-state index contributed by atoms with van der Waals surface area (Å²) in [6.07, 6.45) is 6.82. The lowest BCUT2D eigenvalue weighted by atomic mass is 10.0. The van der Waals surface area contributed by atoms with Gasteiger partial charge < -0.3 is 22.1 Å². The van der Waals surface area contributed by atoms with Crippen molar-refractivity contribution in [3.63, 3.8) is 0 Å². The molecule has 2 amide bonds. The van der Waals surface area contributed by atoms with Crippen molar-refractivity contribution in [3.8, 4) is 0 Å². The van der Waals surface area contributed by atoms with Gasteiger partial charge in [-0.1, -0.05) is 19.1 Å². The highest BCUT2D eigenvalue weighted by molar-refractivity contribution is 6.05. The van der Waals surface area contributed by atoms with E-state index in [-0.39, 0.29) is 30.0 Å². The number of rotatable bonds is 8. The van der Waals surface area contributed by atoms with E-state index in [2.05, 4.69) is 25.7 Å². The second-order valence-electron chi connectivity index (χ2n) is 6.59. The molecule has 0 bridgehead atoms. The molecule has 0 fully saturated rings.